The second-order valence-corrected chi connectivity index (χ2v) is 7.88. The van der Waals surface area contributed by atoms with E-state index in [1.54, 1.807) is 0 Å². The molecule has 0 aromatic heterocycles. The molecule has 0 aliphatic carbocycles. The molecule has 0 heterocycles. The molecule has 9 nitrogen and oxygen atoms in total. The van der Waals surface area contributed by atoms with Gasteiger partial charge >= 0.3 is 0 Å². The number of rotatable bonds is 20. The van der Waals surface area contributed by atoms with Gasteiger partial charge in [0.05, 0.1) is 12.7 Å². The Balaban J connectivity index is 4.96. The number of nitrogens with zero attached hydrogens (tertiary/aromatic N) is 3. The van der Waals surface area contributed by atoms with Crippen LogP contribution < -0.4 is 28.3 Å². The van der Waals surface area contributed by atoms with Crippen LogP contribution in [-0.4, -0.2) is 106 Å². The first-order chi connectivity index (χ1) is 14.0. The fourth-order valence-corrected chi connectivity index (χ4v) is 3.32. The molecule has 0 bridgehead atoms. The lowest BCUT2D eigenvalue weighted by Crippen LogP contribution is -2.50. The maximum atomic E-state index is 12.9. The number of nitrogens with one attached hydrogen (secondary N) is 1. The molecule has 0 radical (unpaired) electrons. The van der Waals surface area contributed by atoms with Gasteiger partial charge < -0.3 is 33.2 Å². The van der Waals surface area contributed by atoms with Crippen LogP contribution in [0.25, 0.3) is 0 Å². The molecular formula is C20H48N8O. The highest BCUT2D eigenvalue weighted by Crippen LogP contribution is 2.11. The topological polar surface area (TPSA) is 143 Å². The van der Waals surface area contributed by atoms with Gasteiger partial charge in [-0.25, -0.2) is 0 Å². The van der Waals surface area contributed by atoms with E-state index in [4.69, 9.17) is 22.9 Å². The number of hydrogen-bond acceptors (Lipinski definition) is 8. The van der Waals surface area contributed by atoms with Gasteiger partial charge in [-0.2, -0.15) is 0 Å². The highest BCUT2D eigenvalue weighted by atomic mass is 16.2. The molecule has 29 heavy (non-hydrogen) atoms. The van der Waals surface area contributed by atoms with E-state index < -0.39 is 0 Å². The van der Waals surface area contributed by atoms with Gasteiger partial charge in [0.2, 0.25) is 5.91 Å². The standard InChI is InChI=1S/C20H48N8O/c1-26(2)18-25-20(29)19(28(16-6-11-23)17-7-12-24)8-3-13-27(14-4-9-21)15-5-10-22/h19H,3-18,21-24H2,1-2H3,(H,25,29). The average molecular weight is 417 g/mol. The van der Waals surface area contributed by atoms with Crippen LogP contribution in [0.2, 0.25) is 0 Å². The maximum Gasteiger partial charge on any atom is 0.238 e. The first kappa shape index (κ1) is 28.2. The summed E-state index contributed by atoms with van der Waals surface area (Å²) in [7, 11) is 3.89. The van der Waals surface area contributed by atoms with Crippen LogP contribution in [0.4, 0.5) is 0 Å². The van der Waals surface area contributed by atoms with E-state index >= 15 is 0 Å². The van der Waals surface area contributed by atoms with E-state index in [1.807, 2.05) is 19.0 Å². The van der Waals surface area contributed by atoms with E-state index in [-0.39, 0.29) is 11.9 Å². The molecule has 174 valence electrons. The summed E-state index contributed by atoms with van der Waals surface area (Å²) in [5.41, 5.74) is 22.8. The first-order valence-corrected chi connectivity index (χ1v) is 11.2. The van der Waals surface area contributed by atoms with Gasteiger partial charge in [-0.1, -0.05) is 0 Å². The molecule has 0 rings (SSSR count). The lowest BCUT2D eigenvalue weighted by atomic mass is 10.1. The molecule has 0 aromatic rings. The van der Waals surface area contributed by atoms with Gasteiger partial charge in [-0.3, -0.25) is 14.6 Å². The normalized spacial score (nSPS) is 12.9. The SMILES string of the molecule is CN(C)CNC(=O)C(CCCN(CCCN)CCCN)N(CCCN)CCCN. The quantitative estimate of drug-likeness (QED) is 0.155. The predicted octanol–water partition coefficient (Wildman–Crippen LogP) is -1.23. The van der Waals surface area contributed by atoms with Crippen LogP contribution in [0, 0.1) is 0 Å². The summed E-state index contributed by atoms with van der Waals surface area (Å²) in [4.78, 5) is 19.6. The second-order valence-electron chi connectivity index (χ2n) is 7.88. The summed E-state index contributed by atoms with van der Waals surface area (Å²) in [5.74, 6) is 0.0863. The Morgan fingerprint density at radius 1 is 0.759 bits per heavy atom. The van der Waals surface area contributed by atoms with Crippen molar-refractivity contribution in [3.63, 3.8) is 0 Å². The van der Waals surface area contributed by atoms with Crippen LogP contribution in [0.3, 0.4) is 0 Å². The number of amides is 1. The molecule has 0 aliphatic rings. The summed E-state index contributed by atoms with van der Waals surface area (Å²) in [6, 6.07) is -0.154. The van der Waals surface area contributed by atoms with Gasteiger partial charge in [-0.05, 0) is 98.4 Å². The number of carbonyl (C=O) groups excluding carboxylic acids is 1. The molecule has 0 aromatic carbocycles. The zero-order valence-corrected chi connectivity index (χ0v) is 19.0. The Hall–Kier alpha value is -0.810. The summed E-state index contributed by atoms with van der Waals surface area (Å²) in [5, 5.41) is 3.06. The molecule has 1 atom stereocenters. The van der Waals surface area contributed by atoms with E-state index in [9.17, 15) is 4.79 Å². The first-order valence-electron chi connectivity index (χ1n) is 11.2. The highest BCUT2D eigenvalue weighted by Gasteiger charge is 2.25. The summed E-state index contributed by atoms with van der Waals surface area (Å²) < 4.78 is 0. The van der Waals surface area contributed by atoms with E-state index in [2.05, 4.69) is 15.1 Å². The third-order valence-electron chi connectivity index (χ3n) is 4.92. The van der Waals surface area contributed by atoms with Crippen molar-refractivity contribution >= 4 is 5.91 Å². The lowest BCUT2D eigenvalue weighted by molar-refractivity contribution is -0.127. The largest absolute Gasteiger partial charge is 0.342 e. The Labute approximate surface area is 178 Å². The van der Waals surface area contributed by atoms with Crippen molar-refractivity contribution in [1.29, 1.82) is 0 Å². The molecule has 9 N–H and O–H groups in total. The number of nitrogens with two attached hydrogens (primary N) is 4. The van der Waals surface area contributed by atoms with Crippen LogP contribution in [0.5, 0.6) is 0 Å². The molecule has 0 aliphatic heterocycles. The Morgan fingerprint density at radius 2 is 1.21 bits per heavy atom. The zero-order valence-electron chi connectivity index (χ0n) is 19.0. The molecular weight excluding hydrogens is 368 g/mol. The molecule has 0 saturated carbocycles. The van der Waals surface area contributed by atoms with Crippen LogP contribution in [0.15, 0.2) is 0 Å². The number of hydrogen-bond donors (Lipinski definition) is 5. The molecule has 0 spiro atoms. The molecule has 1 unspecified atom stereocenters. The van der Waals surface area contributed by atoms with E-state index in [0.717, 1.165) is 71.2 Å². The van der Waals surface area contributed by atoms with Gasteiger partial charge in [0.25, 0.3) is 0 Å². The third-order valence-corrected chi connectivity index (χ3v) is 4.92. The van der Waals surface area contributed by atoms with Gasteiger partial charge in [0, 0.05) is 13.1 Å². The van der Waals surface area contributed by atoms with E-state index in [1.165, 1.54) is 0 Å². The average Bonchev–Trinajstić information content (AvgIpc) is 2.71. The van der Waals surface area contributed by atoms with Crippen LogP contribution in [0.1, 0.15) is 38.5 Å². The minimum Gasteiger partial charge on any atom is -0.342 e. The maximum absolute atomic E-state index is 12.9. The summed E-state index contributed by atoms with van der Waals surface area (Å²) in [6.07, 6.45) is 5.49. The van der Waals surface area contributed by atoms with Crippen LogP contribution >= 0.6 is 0 Å². The van der Waals surface area contributed by atoms with Crippen molar-refractivity contribution in [3.8, 4) is 0 Å². The summed E-state index contributed by atoms with van der Waals surface area (Å²) >= 11 is 0. The number of carbonyl (C=O) groups is 1. The van der Waals surface area contributed by atoms with Crippen molar-refractivity contribution in [2.45, 2.75) is 44.6 Å². The second kappa shape index (κ2) is 19.2. The minimum atomic E-state index is -0.154. The van der Waals surface area contributed by atoms with Gasteiger partial charge in [-0.15, -0.1) is 0 Å². The minimum absolute atomic E-state index is 0.0863. The van der Waals surface area contributed by atoms with Crippen molar-refractivity contribution in [2.75, 3.05) is 79.7 Å². The van der Waals surface area contributed by atoms with Gasteiger partial charge in [0.1, 0.15) is 0 Å². The highest BCUT2D eigenvalue weighted by molar-refractivity contribution is 5.81. The Bertz CT molecular complexity index is 367. The fraction of sp³-hybridized carbons (Fsp3) is 0.950. The van der Waals surface area contributed by atoms with Crippen molar-refractivity contribution in [1.82, 2.24) is 20.0 Å². The zero-order chi connectivity index (χ0) is 21.9. The smallest absolute Gasteiger partial charge is 0.238 e. The van der Waals surface area contributed by atoms with Crippen molar-refractivity contribution in [2.24, 2.45) is 22.9 Å². The van der Waals surface area contributed by atoms with Gasteiger partial charge in [0.15, 0.2) is 0 Å². The Morgan fingerprint density at radius 3 is 1.66 bits per heavy atom. The summed E-state index contributed by atoms with van der Waals surface area (Å²) in [6.45, 7) is 7.74. The molecule has 9 heteroatoms. The van der Waals surface area contributed by atoms with Crippen LogP contribution in [-0.2, 0) is 4.79 Å². The molecule has 0 fully saturated rings. The lowest BCUT2D eigenvalue weighted by Gasteiger charge is -2.32. The monoisotopic (exact) mass is 416 g/mol. The third kappa shape index (κ3) is 14.8. The Kier molecular flexibility index (Phi) is 18.6. The van der Waals surface area contributed by atoms with Crippen molar-refractivity contribution < 1.29 is 4.79 Å². The van der Waals surface area contributed by atoms with Crippen molar-refractivity contribution in [3.05, 3.63) is 0 Å². The fourth-order valence-electron chi connectivity index (χ4n) is 3.32. The van der Waals surface area contributed by atoms with E-state index in [0.29, 0.717) is 32.8 Å². The molecule has 1 amide bonds. The molecule has 0 saturated heterocycles. The predicted molar refractivity (Wildman–Crippen MR) is 122 cm³/mol.